The molecule has 9 nitrogen and oxygen atoms in total. The largest absolute Gasteiger partial charge is 0.328 e. The van der Waals surface area contributed by atoms with Gasteiger partial charge in [-0.25, -0.2) is 22.2 Å². The first-order valence-corrected chi connectivity index (χ1v) is 12.2. The number of H-pyrrole nitrogens is 1. The summed E-state index contributed by atoms with van der Waals surface area (Å²) in [5, 5.41) is 4.33. The summed E-state index contributed by atoms with van der Waals surface area (Å²) in [7, 11) is -2.13. The first-order valence-electron chi connectivity index (χ1n) is 10.7. The molecule has 0 saturated carbocycles. The van der Waals surface area contributed by atoms with Gasteiger partial charge < -0.3 is 0 Å². The average molecular weight is 458 g/mol. The number of hydrogen-bond acceptors (Lipinski definition) is 5. The fraction of sp³-hybridized carbons (Fsp3) is 0.409. The number of rotatable bonds is 7. The maximum Gasteiger partial charge on any atom is 0.328 e. The number of aromatic amines is 1. The quantitative estimate of drug-likeness (QED) is 0.580. The molecule has 1 N–H and O–H groups in total. The molecule has 0 amide bonds. The maximum absolute atomic E-state index is 13.0. The molecule has 10 heteroatoms. The van der Waals surface area contributed by atoms with E-state index in [0.29, 0.717) is 31.4 Å². The first-order chi connectivity index (χ1) is 15.3. The molecule has 2 aromatic heterocycles. The van der Waals surface area contributed by atoms with E-state index in [1.54, 1.807) is 33.5 Å². The molecular weight excluding hydrogens is 430 g/mol. The van der Waals surface area contributed by atoms with E-state index in [-0.39, 0.29) is 17.0 Å². The van der Waals surface area contributed by atoms with Crippen LogP contribution in [0.1, 0.15) is 36.2 Å². The van der Waals surface area contributed by atoms with E-state index in [1.807, 2.05) is 19.2 Å². The molecule has 0 radical (unpaired) electrons. The van der Waals surface area contributed by atoms with Crippen LogP contribution in [0.5, 0.6) is 0 Å². The fourth-order valence-corrected chi connectivity index (χ4v) is 5.32. The van der Waals surface area contributed by atoms with Crippen molar-refractivity contribution in [2.75, 3.05) is 13.6 Å². The van der Waals surface area contributed by atoms with E-state index in [9.17, 15) is 18.0 Å². The lowest BCUT2D eigenvalue weighted by Gasteiger charge is -2.21. The monoisotopic (exact) mass is 457 g/mol. The smallest absolute Gasteiger partial charge is 0.297 e. The van der Waals surface area contributed by atoms with E-state index in [2.05, 4.69) is 10.1 Å². The lowest BCUT2D eigenvalue weighted by atomic mass is 9.97. The number of nitrogens with one attached hydrogen (secondary N) is 1. The summed E-state index contributed by atoms with van der Waals surface area (Å²) >= 11 is 0. The average Bonchev–Trinajstić information content (AvgIpc) is 3.22. The second kappa shape index (κ2) is 8.87. The third kappa shape index (κ3) is 4.33. The Morgan fingerprint density at radius 1 is 1.09 bits per heavy atom. The zero-order valence-corrected chi connectivity index (χ0v) is 19.1. The molecule has 0 bridgehead atoms. The van der Waals surface area contributed by atoms with Crippen LogP contribution in [-0.2, 0) is 29.4 Å². The molecule has 1 aliphatic carbocycles. The third-order valence-corrected chi connectivity index (χ3v) is 7.76. The standard InChI is InChI=1S/C22H27N5O4S/c1-16-12-15-27(24-16)17-8-10-18(11-9-17)32(30,31)25(2)13-5-14-26-20-7-4-3-6-19(20)21(28)23-22(26)29/h8-12,15H,3-7,13-14H2,1-2H3,(H,23,28,29). The second-order valence-electron chi connectivity index (χ2n) is 8.12. The molecule has 2 heterocycles. The Labute approximate surface area is 186 Å². The van der Waals surface area contributed by atoms with Crippen LogP contribution in [0.3, 0.4) is 0 Å². The number of fused-ring (bicyclic) bond motifs is 1. The van der Waals surface area contributed by atoms with E-state index >= 15 is 0 Å². The van der Waals surface area contributed by atoms with Crippen LogP contribution in [0.15, 0.2) is 51.0 Å². The highest BCUT2D eigenvalue weighted by atomic mass is 32.2. The van der Waals surface area contributed by atoms with Crippen molar-refractivity contribution in [1.82, 2.24) is 23.6 Å². The molecular formula is C22H27N5O4S. The second-order valence-corrected chi connectivity index (χ2v) is 10.2. The van der Waals surface area contributed by atoms with Gasteiger partial charge in [0, 0.05) is 37.6 Å². The number of hydrogen-bond donors (Lipinski definition) is 1. The lowest BCUT2D eigenvalue weighted by molar-refractivity contribution is 0.435. The van der Waals surface area contributed by atoms with E-state index in [0.717, 1.165) is 29.9 Å². The summed E-state index contributed by atoms with van der Waals surface area (Å²) in [5.74, 6) is 0. The summed E-state index contributed by atoms with van der Waals surface area (Å²) < 4.78 is 30.5. The van der Waals surface area contributed by atoms with Crippen LogP contribution in [-0.4, -0.2) is 45.6 Å². The number of aromatic nitrogens is 4. The fourth-order valence-electron chi connectivity index (χ4n) is 4.11. The zero-order chi connectivity index (χ0) is 22.9. The lowest BCUT2D eigenvalue weighted by Crippen LogP contribution is -2.37. The van der Waals surface area contributed by atoms with Crippen molar-refractivity contribution < 1.29 is 8.42 Å². The third-order valence-electron chi connectivity index (χ3n) is 5.89. The van der Waals surface area contributed by atoms with E-state index in [1.165, 1.54) is 11.4 Å². The Bertz CT molecular complexity index is 1340. The Kier molecular flexibility index (Phi) is 6.16. The summed E-state index contributed by atoms with van der Waals surface area (Å²) in [6, 6.07) is 8.46. The zero-order valence-electron chi connectivity index (χ0n) is 18.2. The van der Waals surface area contributed by atoms with Crippen molar-refractivity contribution >= 4 is 10.0 Å². The highest BCUT2D eigenvalue weighted by molar-refractivity contribution is 7.89. The van der Waals surface area contributed by atoms with E-state index < -0.39 is 15.7 Å². The van der Waals surface area contributed by atoms with Gasteiger partial charge in [-0.05, 0) is 69.4 Å². The van der Waals surface area contributed by atoms with Crippen LogP contribution in [0.4, 0.5) is 0 Å². The minimum absolute atomic E-state index is 0.200. The number of aryl methyl sites for hydroxylation is 1. The van der Waals surface area contributed by atoms with Crippen molar-refractivity contribution in [3.8, 4) is 5.69 Å². The van der Waals surface area contributed by atoms with Crippen molar-refractivity contribution in [2.45, 2.75) is 50.5 Å². The Balaban J connectivity index is 1.45. The Hall–Kier alpha value is -2.98. The minimum atomic E-state index is -3.66. The SMILES string of the molecule is Cc1ccn(-c2ccc(S(=O)(=O)N(C)CCCn3c4c(c(=O)[nH]c3=O)CCCC4)cc2)n1. The molecule has 0 atom stereocenters. The van der Waals surface area contributed by atoms with Gasteiger partial charge in [-0.3, -0.25) is 14.3 Å². The molecule has 0 saturated heterocycles. The van der Waals surface area contributed by atoms with Crippen LogP contribution in [0.2, 0.25) is 0 Å². The molecule has 4 rings (SSSR count). The highest BCUT2D eigenvalue weighted by Crippen LogP contribution is 2.19. The van der Waals surface area contributed by atoms with Crippen molar-refractivity contribution in [2.24, 2.45) is 0 Å². The molecule has 0 spiro atoms. The summed E-state index contributed by atoms with van der Waals surface area (Å²) in [4.78, 5) is 27.0. The number of benzene rings is 1. The van der Waals surface area contributed by atoms with Crippen molar-refractivity contribution in [3.05, 3.63) is 74.3 Å². The molecule has 0 unspecified atom stereocenters. The molecule has 3 aromatic rings. The molecule has 1 aromatic carbocycles. The van der Waals surface area contributed by atoms with Gasteiger partial charge in [0.05, 0.1) is 16.3 Å². The molecule has 32 heavy (non-hydrogen) atoms. The van der Waals surface area contributed by atoms with Gasteiger partial charge in [-0.15, -0.1) is 0 Å². The van der Waals surface area contributed by atoms with Crippen LogP contribution >= 0.6 is 0 Å². The predicted molar refractivity (Wildman–Crippen MR) is 121 cm³/mol. The molecule has 1 aliphatic rings. The first kappa shape index (κ1) is 22.2. The molecule has 0 aliphatic heterocycles. The van der Waals surface area contributed by atoms with Gasteiger partial charge in [0.15, 0.2) is 0 Å². The van der Waals surface area contributed by atoms with Crippen LogP contribution < -0.4 is 11.2 Å². The number of nitrogens with zero attached hydrogens (tertiary/aromatic N) is 4. The summed E-state index contributed by atoms with van der Waals surface area (Å²) in [5.41, 5.74) is 2.41. The minimum Gasteiger partial charge on any atom is -0.297 e. The van der Waals surface area contributed by atoms with E-state index in [4.69, 9.17) is 0 Å². The normalized spacial score (nSPS) is 14.0. The molecule has 0 fully saturated rings. The van der Waals surface area contributed by atoms with Crippen molar-refractivity contribution in [1.29, 1.82) is 0 Å². The maximum atomic E-state index is 13.0. The number of sulfonamides is 1. The Morgan fingerprint density at radius 3 is 2.50 bits per heavy atom. The van der Waals surface area contributed by atoms with Gasteiger partial charge in [0.25, 0.3) is 5.56 Å². The molecule has 170 valence electrons. The van der Waals surface area contributed by atoms with Crippen molar-refractivity contribution in [3.63, 3.8) is 0 Å². The predicted octanol–water partition coefficient (Wildman–Crippen LogP) is 1.62. The highest BCUT2D eigenvalue weighted by Gasteiger charge is 2.22. The van der Waals surface area contributed by atoms with Gasteiger partial charge in [-0.2, -0.15) is 5.10 Å². The topological polar surface area (TPSA) is 110 Å². The Morgan fingerprint density at radius 2 is 1.81 bits per heavy atom. The van der Waals surface area contributed by atoms with Crippen LogP contribution in [0, 0.1) is 6.92 Å². The summed E-state index contributed by atoms with van der Waals surface area (Å²) in [6.07, 6.45) is 5.53. The van der Waals surface area contributed by atoms with Gasteiger partial charge >= 0.3 is 5.69 Å². The summed E-state index contributed by atoms with van der Waals surface area (Å²) in [6.45, 7) is 2.50. The van der Waals surface area contributed by atoms with Crippen LogP contribution in [0.25, 0.3) is 5.69 Å². The van der Waals surface area contributed by atoms with Gasteiger partial charge in [-0.1, -0.05) is 0 Å². The van der Waals surface area contributed by atoms with Gasteiger partial charge in [0.1, 0.15) is 0 Å². The van der Waals surface area contributed by atoms with Gasteiger partial charge in [0.2, 0.25) is 10.0 Å².